The molecule has 0 unspecified atom stereocenters. The lowest BCUT2D eigenvalue weighted by atomic mass is 9.92. The second-order valence-electron chi connectivity index (χ2n) is 15.1. The van der Waals surface area contributed by atoms with E-state index < -0.39 is 12.0 Å². The smallest absolute Gasteiger partial charge is 0.320 e. The van der Waals surface area contributed by atoms with Crippen molar-refractivity contribution in [2.45, 2.75) is 65.9 Å². The molecule has 338 valence electrons. The molecule has 0 saturated carbocycles. The van der Waals surface area contributed by atoms with Crippen molar-refractivity contribution < 1.29 is 39.1 Å². The lowest BCUT2D eigenvalue weighted by Crippen LogP contribution is -2.37. The number of benzene rings is 4. The lowest BCUT2D eigenvalue weighted by Gasteiger charge is -2.19. The van der Waals surface area contributed by atoms with Gasteiger partial charge in [0.1, 0.15) is 55.5 Å². The molecule has 0 saturated heterocycles. The van der Waals surface area contributed by atoms with Gasteiger partial charge in [-0.3, -0.25) is 24.7 Å². The van der Waals surface area contributed by atoms with Crippen molar-refractivity contribution in [3.8, 4) is 34.1 Å². The molecule has 0 aliphatic rings. The quantitative estimate of drug-likeness (QED) is 0.0479. The average molecular weight is 921 g/mol. The first-order valence-electron chi connectivity index (χ1n) is 20.7. The summed E-state index contributed by atoms with van der Waals surface area (Å²) in [6.45, 7) is 4.46. The minimum absolute atomic E-state index is 0.0333. The van der Waals surface area contributed by atoms with Crippen LogP contribution in [0.2, 0.25) is 10.0 Å². The maximum absolute atomic E-state index is 11.8. The Hall–Kier alpha value is -6.35. The second-order valence-corrected chi connectivity index (χ2v) is 15.9. The van der Waals surface area contributed by atoms with Gasteiger partial charge in [-0.05, 0) is 77.9 Å². The first-order chi connectivity index (χ1) is 31.5. The Morgan fingerprint density at radius 3 is 1.60 bits per heavy atom. The topological polar surface area (TPSA) is 177 Å². The number of hydrogen-bond donors (Lipinski definition) is 4. The number of hydrogen-bond acceptors (Lipinski definition) is 12. The second kappa shape index (κ2) is 23.5. The van der Waals surface area contributed by atoms with Gasteiger partial charge < -0.3 is 39.6 Å². The molecule has 0 bridgehead atoms. The zero-order valence-corrected chi connectivity index (χ0v) is 38.1. The van der Waals surface area contributed by atoms with Crippen LogP contribution in [0.25, 0.3) is 11.1 Å². The molecule has 65 heavy (non-hydrogen) atoms. The van der Waals surface area contributed by atoms with E-state index in [9.17, 15) is 20.1 Å². The van der Waals surface area contributed by atoms with E-state index in [1.54, 1.807) is 75.6 Å². The number of nitrogens with zero attached hydrogens (tertiary/aromatic N) is 4. The highest BCUT2D eigenvalue weighted by Crippen LogP contribution is 2.37. The molecular formula is C50H51Cl2N5O8. The van der Waals surface area contributed by atoms with Gasteiger partial charge in [-0.1, -0.05) is 59.6 Å². The fraction of sp³-hybridized carbons (Fsp3) is 0.260. The van der Waals surface area contributed by atoms with Crippen LogP contribution in [0.15, 0.2) is 108 Å². The van der Waals surface area contributed by atoms with Crippen LogP contribution in [0, 0.1) is 13.8 Å². The van der Waals surface area contributed by atoms with E-state index in [0.717, 1.165) is 55.6 Å². The maximum Gasteiger partial charge on any atom is 0.320 e. The molecule has 6 aromatic rings. The fourth-order valence-corrected chi connectivity index (χ4v) is 7.57. The van der Waals surface area contributed by atoms with E-state index in [0.29, 0.717) is 44.2 Å². The van der Waals surface area contributed by atoms with Crippen molar-refractivity contribution in [3.63, 3.8) is 0 Å². The minimum atomic E-state index is -1.08. The van der Waals surface area contributed by atoms with Gasteiger partial charge in [0, 0.05) is 110 Å². The van der Waals surface area contributed by atoms with E-state index in [1.165, 1.54) is 0 Å². The Kier molecular flexibility index (Phi) is 17.4. The number of aliphatic hydroxyl groups excluding tert-OH is 2. The summed E-state index contributed by atoms with van der Waals surface area (Å²) in [5.41, 5.74) is 10.4. The van der Waals surface area contributed by atoms with Crippen molar-refractivity contribution in [1.29, 1.82) is 0 Å². The molecule has 0 spiro atoms. The third-order valence-electron chi connectivity index (χ3n) is 10.6. The van der Waals surface area contributed by atoms with E-state index in [4.69, 9.17) is 42.1 Å². The summed E-state index contributed by atoms with van der Waals surface area (Å²) in [5.74, 6) is 0.610. The standard InChI is InChI=1S/C50H51Cl2N5O8/c1-31-37(29-64-48-17-46(62-27-35-13-33(19-53-3)21-55-23-35)39(15-43(48)51)25-57-45(11-12-58)50(60)61)7-5-9-41(31)42-10-6-8-38(32(42)2)30-65-49-18-47(40(26-59)16-44(49)52)63-28-36-14-34(20-54-4)22-56-24-36/h5-10,13-24,45,57-59H,11-12,25-30H2,1-4H3,(H,60,61)/t45-/m0/s1. The predicted octanol–water partition coefficient (Wildman–Crippen LogP) is 8.90. The summed E-state index contributed by atoms with van der Waals surface area (Å²) < 4.78 is 25.1. The summed E-state index contributed by atoms with van der Waals surface area (Å²) in [6, 6.07) is 21.7. The van der Waals surface area contributed by atoms with Crippen molar-refractivity contribution in [3.05, 3.63) is 163 Å². The Balaban J connectivity index is 1.18. The molecule has 2 aromatic heterocycles. The molecular weight excluding hydrogens is 869 g/mol. The fourth-order valence-electron chi connectivity index (χ4n) is 7.09. The number of carboxylic acid groups (broad SMARTS) is 1. The zero-order valence-electron chi connectivity index (χ0n) is 36.6. The van der Waals surface area contributed by atoms with Gasteiger partial charge in [0.05, 0.1) is 16.7 Å². The molecule has 6 rings (SSSR count). The van der Waals surface area contributed by atoms with Crippen LogP contribution in [-0.2, 0) is 44.4 Å². The normalized spacial score (nSPS) is 11.9. The number of rotatable bonds is 22. The third kappa shape index (κ3) is 12.9. The van der Waals surface area contributed by atoms with Gasteiger partial charge in [-0.15, -0.1) is 0 Å². The number of carboxylic acids is 1. The maximum atomic E-state index is 11.8. The molecule has 1 atom stereocenters. The molecule has 15 heteroatoms. The highest BCUT2D eigenvalue weighted by Gasteiger charge is 2.20. The lowest BCUT2D eigenvalue weighted by molar-refractivity contribution is -0.140. The van der Waals surface area contributed by atoms with Gasteiger partial charge >= 0.3 is 5.97 Å². The van der Waals surface area contributed by atoms with Crippen molar-refractivity contribution in [2.24, 2.45) is 9.98 Å². The number of pyridine rings is 2. The third-order valence-corrected chi connectivity index (χ3v) is 11.2. The number of ether oxygens (including phenoxy) is 4. The summed E-state index contributed by atoms with van der Waals surface area (Å²) in [6.07, 6.45) is 10.3. The molecule has 0 radical (unpaired) electrons. The summed E-state index contributed by atoms with van der Waals surface area (Å²) in [5, 5.41) is 32.8. The van der Waals surface area contributed by atoms with Gasteiger partial charge in [-0.25, -0.2) is 0 Å². The van der Waals surface area contributed by atoms with Crippen LogP contribution in [0.3, 0.4) is 0 Å². The van der Waals surface area contributed by atoms with Crippen LogP contribution in [0.1, 0.15) is 62.1 Å². The molecule has 0 amide bonds. The van der Waals surface area contributed by atoms with E-state index >= 15 is 0 Å². The Morgan fingerprint density at radius 1 is 0.662 bits per heavy atom. The zero-order chi connectivity index (χ0) is 46.3. The molecule has 13 nitrogen and oxygen atoms in total. The molecule has 0 aliphatic carbocycles. The molecule has 4 aromatic carbocycles. The predicted molar refractivity (Wildman–Crippen MR) is 253 cm³/mol. The molecule has 0 aliphatic heterocycles. The van der Waals surface area contributed by atoms with E-state index in [1.807, 2.05) is 43.3 Å². The van der Waals surface area contributed by atoms with Crippen LogP contribution < -0.4 is 24.3 Å². The Bertz CT molecular complexity index is 2660. The van der Waals surface area contributed by atoms with Crippen LogP contribution in [-0.4, -0.2) is 70.4 Å². The largest absolute Gasteiger partial charge is 0.488 e. The average Bonchev–Trinajstić information content (AvgIpc) is 3.30. The number of carbonyl (C=O) groups is 1. The highest BCUT2D eigenvalue weighted by molar-refractivity contribution is 6.32. The Morgan fingerprint density at radius 2 is 1.14 bits per heavy atom. The monoisotopic (exact) mass is 919 g/mol. The minimum Gasteiger partial charge on any atom is -0.488 e. The first kappa shape index (κ1) is 48.1. The van der Waals surface area contributed by atoms with Crippen molar-refractivity contribution in [2.75, 3.05) is 20.7 Å². The molecule has 2 heterocycles. The van der Waals surface area contributed by atoms with Crippen molar-refractivity contribution >= 4 is 41.6 Å². The van der Waals surface area contributed by atoms with E-state index in [2.05, 4.69) is 44.3 Å². The highest BCUT2D eigenvalue weighted by atomic mass is 35.5. The van der Waals surface area contributed by atoms with Gasteiger partial charge in [0.2, 0.25) is 0 Å². The number of halogens is 2. The molecule has 0 fully saturated rings. The Labute approximate surface area is 388 Å². The number of aliphatic hydroxyl groups is 2. The number of aliphatic imine (C=N–C) groups is 2. The van der Waals surface area contributed by atoms with Gasteiger partial charge in [0.25, 0.3) is 0 Å². The van der Waals surface area contributed by atoms with Crippen LogP contribution in [0.5, 0.6) is 23.0 Å². The van der Waals surface area contributed by atoms with Crippen molar-refractivity contribution in [1.82, 2.24) is 15.3 Å². The van der Waals surface area contributed by atoms with Gasteiger partial charge in [0.15, 0.2) is 0 Å². The summed E-state index contributed by atoms with van der Waals surface area (Å²) in [4.78, 5) is 28.5. The summed E-state index contributed by atoms with van der Waals surface area (Å²) >= 11 is 13.5. The van der Waals surface area contributed by atoms with Gasteiger partial charge in [-0.2, -0.15) is 0 Å². The summed E-state index contributed by atoms with van der Waals surface area (Å²) in [7, 11) is 3.38. The first-order valence-corrected chi connectivity index (χ1v) is 21.5. The number of aliphatic carboxylic acids is 1. The van der Waals surface area contributed by atoms with E-state index in [-0.39, 0.29) is 52.6 Å². The SMILES string of the molecule is CN=Cc1cncc(COc2cc(OCc3cccc(-c4cccc(COc5cc(OCc6cncc(C=NC)c6)c(CN[C@@H](CCO)C(=O)O)cc5Cl)c4C)c3C)c(Cl)cc2CO)c1. The number of aromatic nitrogens is 2. The number of nitrogens with one attached hydrogen (secondary N) is 1. The molecule has 4 N–H and O–H groups in total. The van der Waals surface area contributed by atoms with Crippen LogP contribution in [0.4, 0.5) is 0 Å². The van der Waals surface area contributed by atoms with Crippen LogP contribution >= 0.6 is 23.2 Å².